The second-order valence-electron chi connectivity index (χ2n) is 4.99. The monoisotopic (exact) mass is 350 g/mol. The van der Waals surface area contributed by atoms with E-state index in [-0.39, 0.29) is 11.4 Å². The van der Waals surface area contributed by atoms with Gasteiger partial charge in [-0.3, -0.25) is 9.78 Å². The van der Waals surface area contributed by atoms with Crippen molar-refractivity contribution < 1.29 is 22.4 Å². The van der Waals surface area contributed by atoms with E-state index in [0.717, 1.165) is 18.3 Å². The van der Waals surface area contributed by atoms with E-state index in [1.165, 1.54) is 36.7 Å². The average molecular weight is 350 g/mol. The third-order valence-corrected chi connectivity index (χ3v) is 3.27. The number of benzene rings is 1. The van der Waals surface area contributed by atoms with Crippen molar-refractivity contribution >= 4 is 11.6 Å². The first kappa shape index (κ1) is 16.6. The molecule has 1 amide bonds. The van der Waals surface area contributed by atoms with E-state index in [1.807, 2.05) is 0 Å². The van der Waals surface area contributed by atoms with Crippen molar-refractivity contribution in [3.8, 4) is 5.69 Å². The van der Waals surface area contributed by atoms with Crippen LogP contribution in [0.3, 0.4) is 0 Å². The number of nitrogens with zero attached hydrogens (tertiary/aromatic N) is 3. The van der Waals surface area contributed by atoms with E-state index in [1.54, 1.807) is 0 Å². The molecule has 0 bridgehead atoms. The zero-order chi connectivity index (χ0) is 18.0. The summed E-state index contributed by atoms with van der Waals surface area (Å²) in [5.74, 6) is -1.70. The van der Waals surface area contributed by atoms with Crippen LogP contribution in [0.2, 0.25) is 0 Å². The molecule has 128 valence electrons. The van der Waals surface area contributed by atoms with Gasteiger partial charge in [0.2, 0.25) is 0 Å². The minimum Gasteiger partial charge on any atom is -0.322 e. The average Bonchev–Trinajstić information content (AvgIpc) is 3.01. The summed E-state index contributed by atoms with van der Waals surface area (Å²) >= 11 is 0. The van der Waals surface area contributed by atoms with Gasteiger partial charge in [-0.1, -0.05) is 6.07 Å². The number of halogens is 4. The molecule has 1 aromatic carbocycles. The van der Waals surface area contributed by atoms with Crippen molar-refractivity contribution in [2.24, 2.45) is 0 Å². The number of amides is 1. The van der Waals surface area contributed by atoms with Crippen LogP contribution < -0.4 is 5.32 Å². The summed E-state index contributed by atoms with van der Waals surface area (Å²) in [4.78, 5) is 16.0. The predicted molar refractivity (Wildman–Crippen MR) is 80.7 cm³/mol. The Morgan fingerprint density at radius 3 is 2.48 bits per heavy atom. The first-order valence-electron chi connectivity index (χ1n) is 6.99. The lowest BCUT2D eigenvalue weighted by Crippen LogP contribution is -2.20. The number of nitrogens with one attached hydrogen (secondary N) is 1. The Bertz CT molecular complexity index is 906. The lowest BCUT2D eigenvalue weighted by molar-refractivity contribution is -0.143. The number of alkyl halides is 3. The van der Waals surface area contributed by atoms with Gasteiger partial charge >= 0.3 is 6.18 Å². The Labute approximate surface area is 138 Å². The largest absolute Gasteiger partial charge is 0.434 e. The van der Waals surface area contributed by atoms with Crippen LogP contribution in [0, 0.1) is 5.82 Å². The minimum absolute atomic E-state index is 0.143. The summed E-state index contributed by atoms with van der Waals surface area (Å²) in [6.07, 6.45) is -1.30. The zero-order valence-corrected chi connectivity index (χ0v) is 12.5. The molecule has 1 N–H and O–H groups in total. The molecule has 0 saturated heterocycles. The van der Waals surface area contributed by atoms with Crippen molar-refractivity contribution in [3.63, 3.8) is 0 Å². The molecule has 3 rings (SSSR count). The number of carbonyl (C=O) groups is 1. The van der Waals surface area contributed by atoms with Crippen LogP contribution in [0.5, 0.6) is 0 Å². The highest BCUT2D eigenvalue weighted by Gasteiger charge is 2.40. The zero-order valence-electron chi connectivity index (χ0n) is 12.5. The molecule has 0 aliphatic rings. The normalized spacial score (nSPS) is 11.4. The number of hydrogen-bond donors (Lipinski definition) is 1. The Morgan fingerprint density at radius 1 is 1.12 bits per heavy atom. The molecular weight excluding hydrogens is 340 g/mol. The molecule has 0 aliphatic heterocycles. The molecule has 0 saturated carbocycles. The van der Waals surface area contributed by atoms with Crippen LogP contribution in [-0.2, 0) is 6.18 Å². The molecule has 0 radical (unpaired) electrons. The SMILES string of the molecule is O=C(Nc1ccncc1)c1cnn(-c2cccc(F)c2)c1C(F)(F)F. The second-order valence-corrected chi connectivity index (χ2v) is 4.99. The van der Waals surface area contributed by atoms with Crippen LogP contribution in [0.15, 0.2) is 55.0 Å². The number of anilines is 1. The van der Waals surface area contributed by atoms with Gasteiger partial charge in [-0.25, -0.2) is 9.07 Å². The van der Waals surface area contributed by atoms with E-state index >= 15 is 0 Å². The standard InChI is InChI=1S/C16H10F4N4O/c17-10-2-1-3-12(8-10)24-14(16(18,19)20)13(9-22-24)15(25)23-11-4-6-21-7-5-11/h1-9H,(H,21,23,25). The van der Waals surface area contributed by atoms with Crippen LogP contribution in [0.1, 0.15) is 16.1 Å². The van der Waals surface area contributed by atoms with Gasteiger partial charge in [0, 0.05) is 18.1 Å². The van der Waals surface area contributed by atoms with Gasteiger partial charge in [0.15, 0.2) is 5.69 Å². The highest BCUT2D eigenvalue weighted by atomic mass is 19.4. The predicted octanol–water partition coefficient (Wildman–Crippen LogP) is 3.68. The second kappa shape index (κ2) is 6.34. The molecule has 0 fully saturated rings. The summed E-state index contributed by atoms with van der Waals surface area (Å²) in [6.45, 7) is 0. The van der Waals surface area contributed by atoms with Crippen molar-refractivity contribution in [3.05, 3.63) is 72.1 Å². The summed E-state index contributed by atoms with van der Waals surface area (Å²) in [5.41, 5.74) is -1.82. The molecule has 0 aliphatic carbocycles. The summed E-state index contributed by atoms with van der Waals surface area (Å²) in [7, 11) is 0. The van der Waals surface area contributed by atoms with E-state index in [4.69, 9.17) is 0 Å². The molecule has 0 unspecified atom stereocenters. The van der Waals surface area contributed by atoms with Crippen molar-refractivity contribution in [1.82, 2.24) is 14.8 Å². The van der Waals surface area contributed by atoms with Gasteiger partial charge in [0.25, 0.3) is 5.91 Å². The van der Waals surface area contributed by atoms with Gasteiger partial charge < -0.3 is 5.32 Å². The van der Waals surface area contributed by atoms with Crippen molar-refractivity contribution in [1.29, 1.82) is 0 Å². The van der Waals surface area contributed by atoms with Crippen LogP contribution >= 0.6 is 0 Å². The summed E-state index contributed by atoms with van der Waals surface area (Å²) in [6, 6.07) is 7.37. The van der Waals surface area contributed by atoms with Crippen molar-refractivity contribution in [2.45, 2.75) is 6.18 Å². The molecule has 2 aromatic heterocycles. The van der Waals surface area contributed by atoms with Gasteiger partial charge in [-0.05, 0) is 30.3 Å². The Kier molecular flexibility index (Phi) is 4.22. The lowest BCUT2D eigenvalue weighted by atomic mass is 10.2. The topological polar surface area (TPSA) is 59.8 Å². The fourth-order valence-electron chi connectivity index (χ4n) is 2.22. The van der Waals surface area contributed by atoms with Crippen molar-refractivity contribution in [2.75, 3.05) is 5.32 Å². The third-order valence-electron chi connectivity index (χ3n) is 3.27. The Hall–Kier alpha value is -3.23. The van der Waals surface area contributed by atoms with Crippen LogP contribution in [0.4, 0.5) is 23.2 Å². The lowest BCUT2D eigenvalue weighted by Gasteiger charge is -2.13. The first-order chi connectivity index (χ1) is 11.9. The Balaban J connectivity index is 2.04. The number of hydrogen-bond acceptors (Lipinski definition) is 3. The fraction of sp³-hybridized carbons (Fsp3) is 0.0625. The number of carbonyl (C=O) groups excluding carboxylic acids is 1. The minimum atomic E-state index is -4.87. The van der Waals surface area contributed by atoms with Gasteiger partial charge in [-0.2, -0.15) is 18.3 Å². The Morgan fingerprint density at radius 2 is 1.84 bits per heavy atom. The third kappa shape index (κ3) is 3.49. The van der Waals surface area contributed by atoms with Gasteiger partial charge in [0.1, 0.15) is 5.82 Å². The number of rotatable bonds is 3. The fourth-order valence-corrected chi connectivity index (χ4v) is 2.22. The first-order valence-corrected chi connectivity index (χ1v) is 6.99. The van der Waals surface area contributed by atoms with E-state index < -0.39 is 29.2 Å². The van der Waals surface area contributed by atoms with E-state index in [9.17, 15) is 22.4 Å². The summed E-state index contributed by atoms with van der Waals surface area (Å²) < 4.78 is 54.3. The van der Waals surface area contributed by atoms with E-state index in [0.29, 0.717) is 4.68 Å². The molecule has 3 aromatic rings. The van der Waals surface area contributed by atoms with E-state index in [2.05, 4.69) is 15.4 Å². The molecule has 5 nitrogen and oxygen atoms in total. The highest BCUT2D eigenvalue weighted by molar-refractivity contribution is 6.05. The quantitative estimate of drug-likeness (QED) is 0.733. The number of aromatic nitrogens is 3. The molecule has 2 heterocycles. The van der Waals surface area contributed by atoms with Crippen LogP contribution in [0.25, 0.3) is 5.69 Å². The molecule has 9 heteroatoms. The maximum Gasteiger partial charge on any atom is 0.434 e. The van der Waals surface area contributed by atoms with Crippen LogP contribution in [-0.4, -0.2) is 20.7 Å². The molecular formula is C16H10F4N4O. The molecule has 0 atom stereocenters. The highest BCUT2D eigenvalue weighted by Crippen LogP contribution is 2.34. The maximum atomic E-state index is 13.5. The molecule has 25 heavy (non-hydrogen) atoms. The van der Waals surface area contributed by atoms with Gasteiger partial charge in [-0.15, -0.1) is 0 Å². The molecule has 0 spiro atoms. The summed E-state index contributed by atoms with van der Waals surface area (Å²) in [5, 5.41) is 5.95. The van der Waals surface area contributed by atoms with Gasteiger partial charge in [0.05, 0.1) is 17.4 Å². The maximum absolute atomic E-state index is 13.5. The smallest absolute Gasteiger partial charge is 0.322 e. The number of pyridine rings is 1.